The highest BCUT2D eigenvalue weighted by atomic mass is 19.1. The Morgan fingerprint density at radius 3 is 2.87 bits per heavy atom. The first kappa shape index (κ1) is 13.7. The zero-order valence-electron chi connectivity index (χ0n) is 12.2. The lowest BCUT2D eigenvalue weighted by molar-refractivity contribution is -0.741. The molecule has 3 heterocycles. The largest absolute Gasteiger partial charge is 0.698 e. The van der Waals surface area contributed by atoms with Crippen molar-refractivity contribution in [1.82, 2.24) is 4.98 Å². The Kier molecular flexibility index (Phi) is 2.87. The summed E-state index contributed by atoms with van der Waals surface area (Å²) in [5, 5.41) is 12.1. The normalized spacial score (nSPS) is 19.5. The van der Waals surface area contributed by atoms with Gasteiger partial charge in [0, 0.05) is 23.1 Å². The number of benzene rings is 1. The number of para-hydroxylation sites is 1. The summed E-state index contributed by atoms with van der Waals surface area (Å²) in [5.74, 6) is -0.599. The van der Waals surface area contributed by atoms with Crippen molar-refractivity contribution >= 4 is 17.1 Å². The Morgan fingerprint density at radius 1 is 1.30 bits per heavy atom. The Labute approximate surface area is 131 Å². The topological polar surface area (TPSA) is 78.7 Å². The van der Waals surface area contributed by atoms with Crippen LogP contribution in [0, 0.1) is 12.7 Å². The van der Waals surface area contributed by atoms with Gasteiger partial charge in [0.05, 0.1) is 0 Å². The van der Waals surface area contributed by atoms with Crippen LogP contribution in [-0.4, -0.2) is 10.1 Å². The van der Waals surface area contributed by atoms with E-state index in [0.717, 1.165) is 5.69 Å². The fourth-order valence-electron chi connectivity index (χ4n) is 2.72. The van der Waals surface area contributed by atoms with E-state index in [1.807, 2.05) is 6.92 Å². The van der Waals surface area contributed by atoms with E-state index < -0.39 is 5.82 Å². The van der Waals surface area contributed by atoms with Crippen LogP contribution in [0.1, 0.15) is 11.3 Å². The molecule has 0 spiro atoms. The molecule has 116 valence electrons. The van der Waals surface area contributed by atoms with E-state index in [1.54, 1.807) is 30.5 Å². The minimum atomic E-state index is -0.465. The van der Waals surface area contributed by atoms with E-state index in [-0.39, 0.29) is 17.3 Å². The van der Waals surface area contributed by atoms with Gasteiger partial charge in [-0.05, 0) is 31.2 Å². The molecule has 3 N–H and O–H groups in total. The number of halogens is 1. The first-order valence-corrected chi connectivity index (χ1v) is 7.04. The predicted molar refractivity (Wildman–Crippen MR) is 83.8 cm³/mol. The number of quaternary nitrogens is 1. The standard InChI is InChI=1S/C16H13FN5O/c1-9-5-6-10(8-19-9)21-16(23)14-7-13(18)11-3-2-4-12(17)15(11)22(14)20-21/h2-8,18,22-23H,1H3/q-1. The number of pyridine rings is 1. The molecule has 1 aromatic carbocycles. The van der Waals surface area contributed by atoms with Gasteiger partial charge >= 0.3 is 0 Å². The van der Waals surface area contributed by atoms with E-state index in [0.29, 0.717) is 22.0 Å². The van der Waals surface area contributed by atoms with Gasteiger partial charge < -0.3 is 26.4 Å². The lowest BCUT2D eigenvalue weighted by Gasteiger charge is -2.35. The number of hydrogen-bond donors (Lipinski definition) is 2. The SMILES string of the molecule is Cc1ccc(N2[N-][NH+]3C(=C2O)C=C([NH-])c2cccc(F)c23)cn1. The van der Waals surface area contributed by atoms with Crippen LogP contribution in [0.4, 0.5) is 15.8 Å². The van der Waals surface area contributed by atoms with E-state index in [4.69, 9.17) is 5.73 Å². The summed E-state index contributed by atoms with van der Waals surface area (Å²) in [4.78, 5) is 4.18. The fourth-order valence-corrected chi connectivity index (χ4v) is 2.72. The number of nitrogens with one attached hydrogen (secondary N) is 2. The smallest absolute Gasteiger partial charge is 0.240 e. The van der Waals surface area contributed by atoms with Crippen molar-refractivity contribution in [2.24, 2.45) is 0 Å². The second-order valence-electron chi connectivity index (χ2n) is 5.38. The molecule has 7 heteroatoms. The van der Waals surface area contributed by atoms with Gasteiger partial charge in [-0.3, -0.25) is 4.98 Å². The quantitative estimate of drug-likeness (QED) is 0.850. The molecule has 0 bridgehead atoms. The van der Waals surface area contributed by atoms with E-state index >= 15 is 0 Å². The molecule has 0 saturated heterocycles. The number of aliphatic hydroxyl groups is 1. The lowest BCUT2D eigenvalue weighted by Crippen LogP contribution is -3.01. The maximum absolute atomic E-state index is 14.3. The van der Waals surface area contributed by atoms with Gasteiger partial charge in [0.1, 0.15) is 0 Å². The molecular weight excluding hydrogens is 297 g/mol. The van der Waals surface area contributed by atoms with Crippen LogP contribution in [0.3, 0.4) is 0 Å². The fraction of sp³-hybridized carbons (Fsp3) is 0.0625. The van der Waals surface area contributed by atoms with Crippen LogP contribution < -0.4 is 10.0 Å². The van der Waals surface area contributed by atoms with Gasteiger partial charge in [-0.2, -0.15) is 0 Å². The summed E-state index contributed by atoms with van der Waals surface area (Å²) in [6, 6.07) is 8.13. The van der Waals surface area contributed by atoms with Gasteiger partial charge in [-0.25, -0.2) is 4.39 Å². The summed E-state index contributed by atoms with van der Waals surface area (Å²) in [7, 11) is 0. The molecule has 1 atom stereocenters. The van der Waals surface area contributed by atoms with Crippen LogP contribution >= 0.6 is 0 Å². The average Bonchev–Trinajstić information content (AvgIpc) is 2.86. The molecule has 0 amide bonds. The van der Waals surface area contributed by atoms with Crippen molar-refractivity contribution < 1.29 is 14.5 Å². The molecule has 0 radical (unpaired) electrons. The first-order valence-electron chi connectivity index (χ1n) is 7.04. The van der Waals surface area contributed by atoms with Crippen molar-refractivity contribution in [1.29, 1.82) is 0 Å². The Hall–Kier alpha value is -2.90. The third-order valence-corrected chi connectivity index (χ3v) is 3.87. The third-order valence-electron chi connectivity index (χ3n) is 3.87. The van der Waals surface area contributed by atoms with Gasteiger partial charge in [0.2, 0.25) is 5.88 Å². The maximum Gasteiger partial charge on any atom is 0.240 e. The molecule has 0 aliphatic carbocycles. The average molecular weight is 310 g/mol. The molecule has 23 heavy (non-hydrogen) atoms. The molecule has 0 saturated carbocycles. The van der Waals surface area contributed by atoms with E-state index in [9.17, 15) is 9.50 Å². The number of nitrogens with zero attached hydrogens (tertiary/aromatic N) is 3. The number of aryl methyl sites for hydroxylation is 1. The predicted octanol–water partition coefficient (Wildman–Crippen LogP) is 2.90. The van der Waals surface area contributed by atoms with Gasteiger partial charge in [-0.1, -0.05) is 12.1 Å². The molecule has 1 unspecified atom stereocenters. The van der Waals surface area contributed by atoms with Crippen molar-refractivity contribution in [3.63, 3.8) is 0 Å². The van der Waals surface area contributed by atoms with E-state index in [1.165, 1.54) is 17.2 Å². The highest BCUT2D eigenvalue weighted by molar-refractivity contribution is 5.80. The number of aromatic nitrogens is 1. The van der Waals surface area contributed by atoms with Crippen molar-refractivity contribution in [2.45, 2.75) is 6.92 Å². The molecule has 1 aromatic heterocycles. The number of hydrogen-bond acceptors (Lipinski definition) is 3. The summed E-state index contributed by atoms with van der Waals surface area (Å²) in [5.41, 5.74) is 15.0. The maximum atomic E-state index is 14.3. The van der Waals surface area contributed by atoms with Crippen molar-refractivity contribution in [2.75, 3.05) is 5.01 Å². The number of allylic oxidation sites excluding steroid dienone is 1. The third kappa shape index (κ3) is 1.98. The van der Waals surface area contributed by atoms with Gasteiger partial charge in [0.15, 0.2) is 17.2 Å². The van der Waals surface area contributed by atoms with Crippen LogP contribution in [0.25, 0.3) is 17.0 Å². The Balaban J connectivity index is 1.83. The second-order valence-corrected chi connectivity index (χ2v) is 5.38. The number of fused-ring (bicyclic) bond motifs is 3. The van der Waals surface area contributed by atoms with Crippen molar-refractivity contribution in [3.05, 3.63) is 82.5 Å². The molecule has 6 nitrogen and oxygen atoms in total. The van der Waals surface area contributed by atoms with Crippen molar-refractivity contribution in [3.8, 4) is 0 Å². The summed E-state index contributed by atoms with van der Waals surface area (Å²) < 4.78 is 14.3. The van der Waals surface area contributed by atoms with E-state index in [2.05, 4.69) is 10.5 Å². The van der Waals surface area contributed by atoms with Gasteiger partial charge in [-0.15, -0.1) is 5.70 Å². The summed E-state index contributed by atoms with van der Waals surface area (Å²) in [6.07, 6.45) is 3.08. The first-order chi connectivity index (χ1) is 11.1. The molecule has 2 aromatic rings. The zero-order valence-corrected chi connectivity index (χ0v) is 12.2. The highest BCUT2D eigenvalue weighted by Gasteiger charge is 2.33. The van der Waals surface area contributed by atoms with Crippen LogP contribution in [0.5, 0.6) is 0 Å². The number of anilines is 1. The minimum Gasteiger partial charge on any atom is -0.698 e. The number of aliphatic hydroxyl groups excluding tert-OH is 1. The molecule has 0 fully saturated rings. The Bertz CT molecular complexity index is 859. The molecule has 2 aliphatic heterocycles. The monoisotopic (exact) mass is 310 g/mol. The van der Waals surface area contributed by atoms with Crippen LogP contribution in [0.2, 0.25) is 0 Å². The molecule has 4 rings (SSSR count). The lowest BCUT2D eigenvalue weighted by atomic mass is 10.0. The van der Waals surface area contributed by atoms with Crippen LogP contribution in [0.15, 0.2) is 54.2 Å². The summed E-state index contributed by atoms with van der Waals surface area (Å²) in [6.45, 7) is 1.86. The Morgan fingerprint density at radius 2 is 2.13 bits per heavy atom. The number of rotatable bonds is 1. The summed E-state index contributed by atoms with van der Waals surface area (Å²) >= 11 is 0. The second kappa shape index (κ2) is 4.80. The molecule has 2 aliphatic rings. The molecular formula is C16H13FN5O-. The highest BCUT2D eigenvalue weighted by Crippen LogP contribution is 2.34. The zero-order chi connectivity index (χ0) is 16.1. The van der Waals surface area contributed by atoms with Gasteiger partial charge in [0.25, 0.3) is 0 Å². The minimum absolute atomic E-state index is 0.135. The van der Waals surface area contributed by atoms with Crippen LogP contribution in [-0.2, 0) is 0 Å².